The number of nitrogen functional groups attached to an aromatic ring is 1. The molecular formula is C28H22F2N10. The number of alkyl halides is 2. The number of aryl methyl sites for hydroxylation is 1. The summed E-state index contributed by atoms with van der Waals surface area (Å²) in [6.45, 7) is 0. The molecule has 1 saturated carbocycles. The van der Waals surface area contributed by atoms with Crippen molar-refractivity contribution in [3.63, 3.8) is 0 Å². The van der Waals surface area contributed by atoms with Gasteiger partial charge in [0.05, 0.1) is 23.2 Å². The number of hydrogen-bond acceptors (Lipinski definition) is 7. The number of benzene rings is 1. The Balaban J connectivity index is 1.24. The molecule has 0 saturated heterocycles. The van der Waals surface area contributed by atoms with Crippen LogP contribution in [0, 0.1) is 0 Å². The summed E-state index contributed by atoms with van der Waals surface area (Å²) < 4.78 is 32.6. The van der Waals surface area contributed by atoms with Crippen LogP contribution >= 0.6 is 0 Å². The van der Waals surface area contributed by atoms with E-state index in [1.54, 1.807) is 28.0 Å². The maximum absolute atomic E-state index is 13.6. The first-order chi connectivity index (χ1) is 19.5. The second-order valence-corrected chi connectivity index (χ2v) is 10.2. The smallest absolute Gasteiger partial charge is 0.257 e. The number of pyridine rings is 2. The zero-order valence-corrected chi connectivity index (χ0v) is 21.1. The van der Waals surface area contributed by atoms with Crippen molar-refractivity contribution in [3.8, 4) is 22.9 Å². The quantitative estimate of drug-likeness (QED) is 0.345. The summed E-state index contributed by atoms with van der Waals surface area (Å²) in [5.74, 6) is -1.83. The van der Waals surface area contributed by atoms with Crippen LogP contribution in [0.1, 0.15) is 41.6 Å². The molecule has 8 rings (SSSR count). The number of anilines is 1. The third-order valence-electron chi connectivity index (χ3n) is 7.77. The predicted octanol–water partition coefficient (Wildman–Crippen LogP) is 4.50. The van der Waals surface area contributed by atoms with Crippen LogP contribution in [0.15, 0.2) is 73.3 Å². The lowest BCUT2D eigenvalue weighted by Gasteiger charge is -2.14. The van der Waals surface area contributed by atoms with Gasteiger partial charge < -0.3 is 5.73 Å². The number of imidazole rings is 1. The Morgan fingerprint density at radius 1 is 1.02 bits per heavy atom. The lowest BCUT2D eigenvalue weighted by atomic mass is 10.1. The van der Waals surface area contributed by atoms with Crippen molar-refractivity contribution in [2.75, 3.05) is 5.73 Å². The number of fused-ring (bicyclic) bond motifs is 2. The van der Waals surface area contributed by atoms with Crippen LogP contribution in [0.4, 0.5) is 14.6 Å². The topological polar surface area (TPSA) is 118 Å². The van der Waals surface area contributed by atoms with Gasteiger partial charge in [0.25, 0.3) is 5.92 Å². The van der Waals surface area contributed by atoms with Gasteiger partial charge in [0, 0.05) is 36.9 Å². The van der Waals surface area contributed by atoms with E-state index in [4.69, 9.17) is 15.7 Å². The first kappa shape index (κ1) is 22.9. The molecule has 2 aliphatic carbocycles. The molecule has 0 bridgehead atoms. The molecule has 12 heteroatoms. The van der Waals surface area contributed by atoms with Crippen LogP contribution in [-0.2, 0) is 6.42 Å². The van der Waals surface area contributed by atoms with Crippen LogP contribution in [-0.4, -0.2) is 50.2 Å². The molecule has 10 nitrogen and oxygen atoms in total. The minimum Gasteiger partial charge on any atom is -0.383 e. The van der Waals surface area contributed by atoms with Crippen LogP contribution in [0.25, 0.3) is 34.1 Å². The largest absolute Gasteiger partial charge is 0.383 e. The highest BCUT2D eigenvalue weighted by atomic mass is 19.3. The molecule has 0 amide bonds. The summed E-state index contributed by atoms with van der Waals surface area (Å²) >= 11 is 0. The van der Waals surface area contributed by atoms with Crippen LogP contribution < -0.4 is 5.73 Å². The predicted molar refractivity (Wildman–Crippen MR) is 142 cm³/mol. The lowest BCUT2D eigenvalue weighted by Crippen LogP contribution is -2.08. The summed E-state index contributed by atoms with van der Waals surface area (Å²) in [5.41, 5.74) is 11.8. The highest BCUT2D eigenvalue weighted by molar-refractivity contribution is 5.83. The normalized spacial score (nSPS) is 19.2. The van der Waals surface area contributed by atoms with Gasteiger partial charge in [-0.1, -0.05) is 11.3 Å². The molecule has 6 aromatic rings. The van der Waals surface area contributed by atoms with Gasteiger partial charge in [-0.05, 0) is 66.4 Å². The first-order valence-corrected chi connectivity index (χ1v) is 13.0. The van der Waals surface area contributed by atoms with E-state index in [1.807, 2.05) is 47.2 Å². The highest BCUT2D eigenvalue weighted by Gasteiger charge is 2.59. The van der Waals surface area contributed by atoms with Gasteiger partial charge in [-0.15, -0.1) is 5.10 Å². The van der Waals surface area contributed by atoms with E-state index in [-0.39, 0.29) is 12.5 Å². The van der Waals surface area contributed by atoms with Crippen molar-refractivity contribution >= 4 is 17.0 Å². The molecule has 0 aliphatic heterocycles. The van der Waals surface area contributed by atoms with Crippen LogP contribution in [0.2, 0.25) is 0 Å². The molecule has 1 unspecified atom stereocenters. The number of nitrogens with two attached hydrogens (primary N) is 1. The van der Waals surface area contributed by atoms with Gasteiger partial charge in [-0.2, -0.15) is 5.10 Å². The average Bonchev–Trinajstić information content (AvgIpc) is 3.58. The molecule has 1 fully saturated rings. The summed E-state index contributed by atoms with van der Waals surface area (Å²) in [5, 5.41) is 12.6. The molecule has 2 aliphatic rings. The minimum absolute atomic E-state index is 0.0600. The number of nitrogens with zero attached hydrogens (tertiary/aromatic N) is 9. The Hall–Kier alpha value is -5.00. The van der Waals surface area contributed by atoms with Crippen molar-refractivity contribution in [3.05, 3.63) is 90.1 Å². The Morgan fingerprint density at radius 2 is 1.93 bits per heavy atom. The molecule has 0 radical (unpaired) electrons. The van der Waals surface area contributed by atoms with E-state index >= 15 is 0 Å². The maximum Gasteiger partial charge on any atom is 0.257 e. The molecule has 5 heterocycles. The fraction of sp³-hybridized carbons (Fsp3) is 0.214. The summed E-state index contributed by atoms with van der Waals surface area (Å²) in [6, 6.07) is 15.5. The molecule has 2 atom stereocenters. The van der Waals surface area contributed by atoms with E-state index < -0.39 is 11.8 Å². The molecule has 5 aromatic heterocycles. The second kappa shape index (κ2) is 8.25. The van der Waals surface area contributed by atoms with Crippen molar-refractivity contribution in [1.29, 1.82) is 0 Å². The van der Waals surface area contributed by atoms with Gasteiger partial charge in [0.2, 0.25) is 0 Å². The van der Waals surface area contributed by atoms with Gasteiger partial charge in [0.15, 0.2) is 17.3 Å². The SMILES string of the molecule is Nc1ncccc1-c1nc2ccc(-n3cccn3)nc2n1-c1ccc2c(c1)CC[C@@H]2n1cc(C2CC2(F)F)nn1. The average molecular weight is 537 g/mol. The fourth-order valence-electron chi connectivity index (χ4n) is 5.64. The van der Waals surface area contributed by atoms with Crippen LogP contribution in [0.5, 0.6) is 0 Å². The zero-order chi connectivity index (χ0) is 27.0. The number of rotatable bonds is 5. The third kappa shape index (κ3) is 3.52. The standard InChI is InChI=1S/C28H22F2N10/c29-28(30)14-20(28)22-15-39(37-36-22)23-8-4-16-13-17(5-6-18(16)23)40-26(19-3-1-10-32-25(19)31)34-21-7-9-24(35-27(21)40)38-12-2-11-33-38/h1-3,5-7,9-13,15,20,23H,4,8,14H2,(H2,31,32)/t20?,23-/m0/s1. The van der Waals surface area contributed by atoms with E-state index in [1.165, 1.54) is 0 Å². The summed E-state index contributed by atoms with van der Waals surface area (Å²) in [6.07, 6.45) is 8.32. The van der Waals surface area contributed by atoms with Gasteiger partial charge in [-0.3, -0.25) is 4.57 Å². The van der Waals surface area contributed by atoms with Gasteiger partial charge in [0.1, 0.15) is 11.3 Å². The van der Waals surface area contributed by atoms with E-state index in [0.29, 0.717) is 39.9 Å². The number of aromatic nitrogens is 9. The van der Waals surface area contributed by atoms with E-state index in [0.717, 1.165) is 29.7 Å². The maximum atomic E-state index is 13.6. The van der Waals surface area contributed by atoms with E-state index in [2.05, 4.69) is 32.5 Å². The molecular weight excluding hydrogens is 514 g/mol. The molecule has 2 N–H and O–H groups in total. The monoisotopic (exact) mass is 536 g/mol. The van der Waals surface area contributed by atoms with Gasteiger partial charge in [-0.25, -0.2) is 33.1 Å². The molecule has 198 valence electrons. The Bertz CT molecular complexity index is 1910. The first-order valence-electron chi connectivity index (χ1n) is 13.0. The minimum atomic E-state index is -2.67. The third-order valence-corrected chi connectivity index (χ3v) is 7.77. The fourth-order valence-corrected chi connectivity index (χ4v) is 5.64. The van der Waals surface area contributed by atoms with Crippen molar-refractivity contribution in [2.24, 2.45) is 0 Å². The van der Waals surface area contributed by atoms with Crippen LogP contribution in [0.3, 0.4) is 0 Å². The van der Waals surface area contributed by atoms with Crippen molar-refractivity contribution in [2.45, 2.75) is 37.1 Å². The zero-order valence-electron chi connectivity index (χ0n) is 21.1. The molecule has 40 heavy (non-hydrogen) atoms. The van der Waals surface area contributed by atoms with E-state index in [9.17, 15) is 8.78 Å². The molecule has 0 spiro atoms. The Morgan fingerprint density at radius 3 is 2.73 bits per heavy atom. The Labute approximate surface area is 226 Å². The molecule has 1 aromatic carbocycles. The number of halogens is 2. The van der Waals surface area contributed by atoms with Gasteiger partial charge >= 0.3 is 0 Å². The second-order valence-electron chi connectivity index (χ2n) is 10.2. The summed E-state index contributed by atoms with van der Waals surface area (Å²) in [7, 11) is 0. The lowest BCUT2D eigenvalue weighted by molar-refractivity contribution is 0.111. The number of hydrogen-bond donors (Lipinski definition) is 1. The Kier molecular flexibility index (Phi) is 4.73. The highest BCUT2D eigenvalue weighted by Crippen LogP contribution is 2.55. The van der Waals surface area contributed by atoms with Crippen molar-refractivity contribution < 1.29 is 8.78 Å². The van der Waals surface area contributed by atoms with Crippen molar-refractivity contribution in [1.82, 2.24) is 44.3 Å². The summed E-state index contributed by atoms with van der Waals surface area (Å²) in [4.78, 5) is 14.1.